The highest BCUT2D eigenvalue weighted by Crippen LogP contribution is 2.32. The van der Waals surface area contributed by atoms with Crippen LogP contribution in [0.5, 0.6) is 0 Å². The van der Waals surface area contributed by atoms with E-state index in [0.717, 1.165) is 38.6 Å². The molecule has 1 aliphatic carbocycles. The summed E-state index contributed by atoms with van der Waals surface area (Å²) in [5.74, 6) is -4.64. The van der Waals surface area contributed by atoms with Crippen LogP contribution < -0.4 is 20.5 Å². The van der Waals surface area contributed by atoms with E-state index in [1.165, 1.54) is 37.4 Å². The van der Waals surface area contributed by atoms with Crippen LogP contribution in [-0.2, 0) is 24.2 Å². The van der Waals surface area contributed by atoms with E-state index in [9.17, 15) is 53.0 Å². The van der Waals surface area contributed by atoms with Gasteiger partial charge in [-0.15, -0.1) is 4.52 Å². The Bertz CT molecular complexity index is 3210. The molecule has 24 heteroatoms. The van der Waals surface area contributed by atoms with Crippen molar-refractivity contribution >= 4 is 52.3 Å². The Morgan fingerprint density at radius 1 is 0.853 bits per heavy atom. The maximum absolute atomic E-state index is 13.6. The number of methoxy groups -OCH3 is 1. The number of nitrogens with one attached hydrogen (secondary N) is 4. The number of carboxylic acids is 1. The average molecular weight is 937 g/mol. The van der Waals surface area contributed by atoms with Gasteiger partial charge in [-0.3, -0.25) is 34.6 Å². The van der Waals surface area contributed by atoms with Gasteiger partial charge < -0.3 is 25.8 Å². The Kier molecular flexibility index (Phi) is 14.2. The minimum atomic E-state index is -1.43. The number of halogens is 2. The Labute approximate surface area is 382 Å². The molecule has 22 nitrogen and oxygen atoms in total. The average Bonchev–Trinajstić information content (AvgIpc) is 4.06. The summed E-state index contributed by atoms with van der Waals surface area (Å²) in [6.07, 6.45) is 3.14. The van der Waals surface area contributed by atoms with Gasteiger partial charge in [0, 0.05) is 19.2 Å². The molecule has 4 aromatic heterocycles. The van der Waals surface area contributed by atoms with Gasteiger partial charge in [-0.2, -0.15) is 5.10 Å². The minimum absolute atomic E-state index is 0. The largest absolute Gasteiger partial charge is 0.475 e. The van der Waals surface area contributed by atoms with Gasteiger partial charge in [-0.25, -0.2) is 33.0 Å². The Hall–Kier alpha value is -9.09. The Balaban J connectivity index is 0.000000238. The first-order valence-electron chi connectivity index (χ1n) is 19.9. The van der Waals surface area contributed by atoms with Crippen molar-refractivity contribution in [3.05, 3.63) is 173 Å². The molecular formula is C44H40F2N11O11+. The number of aryl methyl sites for hydroxylation is 3. The first-order chi connectivity index (χ1) is 31.9. The van der Waals surface area contributed by atoms with Crippen molar-refractivity contribution in [1.82, 2.24) is 40.6 Å². The van der Waals surface area contributed by atoms with E-state index in [-0.39, 0.29) is 60.5 Å². The molecule has 0 saturated carbocycles. The van der Waals surface area contributed by atoms with E-state index >= 15 is 0 Å². The second kappa shape index (κ2) is 20.0. The molecule has 68 heavy (non-hydrogen) atoms. The minimum Gasteiger partial charge on any atom is -0.475 e. The molecule has 8 rings (SSSR count). The van der Waals surface area contributed by atoms with Crippen LogP contribution in [0.3, 0.4) is 0 Å². The molecule has 0 saturated heterocycles. The van der Waals surface area contributed by atoms with Gasteiger partial charge >= 0.3 is 29.0 Å². The first-order valence-corrected chi connectivity index (χ1v) is 19.9. The molecule has 5 N–H and O–H groups in total. The fourth-order valence-corrected chi connectivity index (χ4v) is 7.19. The summed E-state index contributed by atoms with van der Waals surface area (Å²) in [7, 11) is 1.30. The lowest BCUT2D eigenvalue weighted by molar-refractivity contribution is -0.582. The second-order valence-electron chi connectivity index (χ2n) is 15.0. The molecule has 0 spiro atoms. The number of hydrogen-bond donors (Lipinski definition) is 5. The van der Waals surface area contributed by atoms with Crippen molar-refractivity contribution in [2.45, 2.75) is 53.2 Å². The van der Waals surface area contributed by atoms with Crippen molar-refractivity contribution in [2.24, 2.45) is 0 Å². The van der Waals surface area contributed by atoms with Crippen LogP contribution >= 0.6 is 0 Å². The zero-order chi connectivity index (χ0) is 48.3. The van der Waals surface area contributed by atoms with Crippen LogP contribution in [0.4, 0.5) is 20.2 Å². The molecule has 1 atom stereocenters. The van der Waals surface area contributed by atoms with E-state index in [1.807, 2.05) is 0 Å². The molecule has 0 unspecified atom stereocenters. The summed E-state index contributed by atoms with van der Waals surface area (Å²) < 4.78 is 33.7. The number of benzene rings is 3. The lowest BCUT2D eigenvalue weighted by Crippen LogP contribution is -2.38. The Morgan fingerprint density at radius 3 is 2.07 bits per heavy atom. The van der Waals surface area contributed by atoms with Gasteiger partial charge in [0.15, 0.2) is 0 Å². The number of carboxylic acid groups (broad SMARTS) is 1. The van der Waals surface area contributed by atoms with Crippen LogP contribution in [0.25, 0.3) is 11.3 Å². The zero-order valence-electron chi connectivity index (χ0n) is 35.3. The third-order valence-electron chi connectivity index (χ3n) is 10.6. The van der Waals surface area contributed by atoms with Crippen molar-refractivity contribution in [1.29, 1.82) is 0 Å². The van der Waals surface area contributed by atoms with Crippen LogP contribution in [0, 0.1) is 45.7 Å². The van der Waals surface area contributed by atoms with Crippen LogP contribution in [-0.4, -0.2) is 76.4 Å². The maximum Gasteiger partial charge on any atom is 0.428 e. The SMILES string of the molecule is C.COC(=O)c1ccc2c(c1)CC[C@@H]2NC(=O)c1cc(C(=O)NCc2ccc(F)c(C)c2)n2ncc([N+](=O)[O-])c2n1.Cc1cc(CNC(=O)c2cc(C(=O)O)nc3c([N+](=O)[O-])c[nH][n+]23)ccc1F. The fourth-order valence-electron chi connectivity index (χ4n) is 7.19. The predicted molar refractivity (Wildman–Crippen MR) is 233 cm³/mol. The number of carbonyl (C=O) groups is 5. The number of carbonyl (C=O) groups excluding carboxylic acids is 4. The van der Waals surface area contributed by atoms with Crippen LogP contribution in [0.1, 0.15) is 106 Å². The topological polar surface area (TPSA) is 300 Å². The van der Waals surface area contributed by atoms with Crippen LogP contribution in [0.2, 0.25) is 0 Å². The number of ether oxygens (including phenoxy) is 1. The number of esters is 1. The lowest BCUT2D eigenvalue weighted by atomic mass is 10.0. The van der Waals surface area contributed by atoms with Gasteiger partial charge in [0.1, 0.15) is 35.4 Å². The highest BCUT2D eigenvalue weighted by atomic mass is 19.1. The lowest BCUT2D eigenvalue weighted by Gasteiger charge is -2.15. The number of nitrogens with zero attached hydrogens (tertiary/aromatic N) is 7. The number of amides is 3. The third-order valence-corrected chi connectivity index (χ3v) is 10.6. The molecule has 0 bridgehead atoms. The third kappa shape index (κ3) is 10.1. The number of H-pyrrole nitrogens is 1. The number of hydrogen-bond acceptors (Lipinski definition) is 13. The van der Waals surface area contributed by atoms with Crippen molar-refractivity contribution < 1.29 is 57.0 Å². The number of aromatic carboxylic acids is 1. The van der Waals surface area contributed by atoms with E-state index in [1.54, 1.807) is 44.2 Å². The van der Waals surface area contributed by atoms with Gasteiger partial charge in [0.05, 0.1) is 34.6 Å². The first kappa shape index (κ1) is 48.4. The second-order valence-corrected chi connectivity index (χ2v) is 15.0. The van der Waals surface area contributed by atoms with E-state index in [0.29, 0.717) is 40.7 Å². The normalized spacial score (nSPS) is 12.5. The van der Waals surface area contributed by atoms with Gasteiger partial charge in [-0.05, 0) is 89.3 Å². The molecular weight excluding hydrogens is 897 g/mol. The molecule has 4 heterocycles. The van der Waals surface area contributed by atoms with E-state index in [2.05, 4.69) is 36.1 Å². The maximum atomic E-state index is 13.6. The number of fused-ring (bicyclic) bond motifs is 3. The van der Waals surface area contributed by atoms with E-state index in [4.69, 9.17) is 9.84 Å². The monoisotopic (exact) mass is 936 g/mol. The molecule has 1 aliphatic rings. The standard InChI is InChI=1S/C27H23FN6O6.C16H12FN5O5.CH4/c1-14-9-15(3-7-19(14)28)12-29-26(36)22-11-21(31-24-23(34(38)39)13-30-33(22)24)25(35)32-20-8-5-16-10-17(27(37)40-2)4-6-18(16)20;1-8-4-9(2-3-10(8)17)6-18-15(23)12-5-11(16(24)25)20-14-13(22(26)27)7-19-21(12)14;/h3-4,6-7,9-11,13,20H,5,8,12H2,1-2H3,(H,29,36)(H,32,35);2-5,7H,6H2,1H3,(H2,18,23,24,25);1H4/p+1/t20-;;/m0../s1. The van der Waals surface area contributed by atoms with Crippen molar-refractivity contribution in [2.75, 3.05) is 7.11 Å². The van der Waals surface area contributed by atoms with Gasteiger partial charge in [0.2, 0.25) is 11.3 Å². The molecule has 0 radical (unpaired) electrons. The summed E-state index contributed by atoms with van der Waals surface area (Å²) >= 11 is 0. The quantitative estimate of drug-likeness (QED) is 0.0467. The van der Waals surface area contributed by atoms with Crippen LogP contribution in [0.15, 0.2) is 79.1 Å². The highest BCUT2D eigenvalue weighted by Gasteiger charge is 2.33. The number of aromatic amines is 1. The molecule has 0 fully saturated rings. The molecule has 7 aromatic rings. The molecule has 0 aliphatic heterocycles. The zero-order valence-corrected chi connectivity index (χ0v) is 35.3. The molecule has 3 amide bonds. The molecule has 350 valence electrons. The summed E-state index contributed by atoms with van der Waals surface area (Å²) in [6, 6.07) is 15.6. The van der Waals surface area contributed by atoms with Crippen molar-refractivity contribution in [3.63, 3.8) is 0 Å². The predicted octanol–water partition coefficient (Wildman–Crippen LogP) is 4.99. The van der Waals surface area contributed by atoms with Gasteiger partial charge in [0.25, 0.3) is 23.4 Å². The Morgan fingerprint density at radius 2 is 1.49 bits per heavy atom. The summed E-state index contributed by atoms with van der Waals surface area (Å²) in [5.41, 5.74) is 1.65. The number of rotatable bonds is 12. The van der Waals surface area contributed by atoms with E-state index < -0.39 is 62.6 Å². The summed E-state index contributed by atoms with van der Waals surface area (Å²) in [4.78, 5) is 91.1. The fraction of sp³-hybridized carbons (Fsp3) is 0.205. The number of nitro groups is 2. The van der Waals surface area contributed by atoms with Crippen molar-refractivity contribution in [3.8, 4) is 0 Å². The molecule has 3 aromatic carbocycles. The number of aromatic nitrogens is 6. The smallest absolute Gasteiger partial charge is 0.428 e. The summed E-state index contributed by atoms with van der Waals surface area (Å²) in [5, 5.41) is 46.4. The van der Waals surface area contributed by atoms with Gasteiger partial charge in [-0.1, -0.05) is 37.8 Å². The summed E-state index contributed by atoms with van der Waals surface area (Å²) in [6.45, 7) is 3.28. The highest BCUT2D eigenvalue weighted by molar-refractivity contribution is 5.99.